The van der Waals surface area contributed by atoms with E-state index >= 15 is 0 Å². The lowest BCUT2D eigenvalue weighted by atomic mass is 10.2. The van der Waals surface area contributed by atoms with Crippen LogP contribution in [0.5, 0.6) is 11.5 Å². The Labute approximate surface area is 185 Å². The number of ether oxygens (including phenoxy) is 1. The molecule has 30 heavy (non-hydrogen) atoms. The zero-order valence-corrected chi connectivity index (χ0v) is 19.2. The molecule has 7 nitrogen and oxygen atoms in total. The summed E-state index contributed by atoms with van der Waals surface area (Å²) in [6.07, 6.45) is 0.0824. The minimum atomic E-state index is -3.94. The summed E-state index contributed by atoms with van der Waals surface area (Å²) in [5.41, 5.74) is 0.0390. The first kappa shape index (κ1) is 24.4. The van der Waals surface area contributed by atoms with E-state index in [1.54, 1.807) is 51.1 Å². The van der Waals surface area contributed by atoms with Crippen molar-refractivity contribution in [3.05, 3.63) is 58.1 Å². The van der Waals surface area contributed by atoms with Crippen molar-refractivity contribution in [3.8, 4) is 11.5 Å². The average molecular weight is 474 g/mol. The minimum absolute atomic E-state index is 0.0823. The monoisotopic (exact) mass is 473 g/mol. The first-order valence-electron chi connectivity index (χ1n) is 9.23. The van der Waals surface area contributed by atoms with Crippen molar-refractivity contribution in [1.29, 1.82) is 0 Å². The summed E-state index contributed by atoms with van der Waals surface area (Å²) in [6.45, 7) is 5.10. The van der Waals surface area contributed by atoms with Crippen LogP contribution < -0.4 is 4.74 Å². The highest BCUT2D eigenvalue weighted by Gasteiger charge is 2.36. The van der Waals surface area contributed by atoms with Gasteiger partial charge in [-0.1, -0.05) is 35.3 Å². The van der Waals surface area contributed by atoms with E-state index in [0.29, 0.717) is 15.8 Å². The Morgan fingerprint density at radius 3 is 2.13 bits per heavy atom. The maximum absolute atomic E-state index is 13.5. The van der Waals surface area contributed by atoms with Crippen molar-refractivity contribution in [2.24, 2.45) is 5.16 Å². The van der Waals surface area contributed by atoms with E-state index in [2.05, 4.69) is 5.16 Å². The van der Waals surface area contributed by atoms with Crippen molar-refractivity contribution in [3.63, 3.8) is 0 Å². The lowest BCUT2D eigenvalue weighted by Gasteiger charge is -2.20. The Morgan fingerprint density at radius 2 is 1.57 bits per heavy atom. The average Bonchev–Trinajstić information content (AvgIpc) is 2.71. The Hall–Kier alpha value is -1.89. The van der Waals surface area contributed by atoms with Crippen molar-refractivity contribution in [1.82, 2.24) is 0 Å². The van der Waals surface area contributed by atoms with Crippen LogP contribution in [0.15, 0.2) is 47.6 Å². The van der Waals surface area contributed by atoms with Crippen molar-refractivity contribution in [2.45, 2.75) is 27.2 Å². The molecule has 10 heteroatoms. The molecule has 0 saturated heterocycles. The van der Waals surface area contributed by atoms with E-state index in [0.717, 1.165) is 0 Å². The second-order valence-electron chi connectivity index (χ2n) is 5.76. The zero-order valence-electron chi connectivity index (χ0n) is 16.8. The molecule has 0 bridgehead atoms. The van der Waals surface area contributed by atoms with Crippen LogP contribution in [0.1, 0.15) is 32.8 Å². The van der Waals surface area contributed by atoms with Gasteiger partial charge in [-0.25, -0.2) is 4.79 Å². The predicted octanol–water partition coefficient (Wildman–Crippen LogP) is 6.67. The number of carbonyl (C=O) groups excluding carboxylic acids is 1. The minimum Gasteiger partial charge on any atom is -0.457 e. The van der Waals surface area contributed by atoms with Crippen LogP contribution >= 0.6 is 30.8 Å². The fourth-order valence-electron chi connectivity index (χ4n) is 2.30. The summed E-state index contributed by atoms with van der Waals surface area (Å²) in [5, 5.41) is 4.74. The van der Waals surface area contributed by atoms with Crippen molar-refractivity contribution in [2.75, 3.05) is 13.2 Å². The molecule has 0 aliphatic carbocycles. The molecule has 0 fully saturated rings. The molecule has 0 spiro atoms. The highest BCUT2D eigenvalue weighted by atomic mass is 35.5. The van der Waals surface area contributed by atoms with Crippen LogP contribution in [-0.4, -0.2) is 24.6 Å². The second kappa shape index (κ2) is 11.5. The Bertz CT molecular complexity index is 939. The van der Waals surface area contributed by atoms with Crippen molar-refractivity contribution < 1.29 is 28.0 Å². The lowest BCUT2D eigenvalue weighted by molar-refractivity contribution is -0.143. The molecule has 0 atom stereocenters. The molecule has 0 aliphatic heterocycles. The summed E-state index contributed by atoms with van der Waals surface area (Å²) in [5.74, 6) is 0.0624. The molecule has 0 aliphatic rings. The summed E-state index contributed by atoms with van der Waals surface area (Å²) in [4.78, 5) is 16.6. The quantitative estimate of drug-likeness (QED) is 0.166. The third-order valence-electron chi connectivity index (χ3n) is 3.61. The summed E-state index contributed by atoms with van der Waals surface area (Å²) in [6, 6.07) is 11.2. The molecule has 0 amide bonds. The summed E-state index contributed by atoms with van der Waals surface area (Å²) < 4.78 is 30.2. The molecular weight excluding hydrogens is 452 g/mol. The predicted molar refractivity (Wildman–Crippen MR) is 117 cm³/mol. The van der Waals surface area contributed by atoms with Crippen LogP contribution in [0.2, 0.25) is 10.0 Å². The molecular formula is C20H22Cl2NO6P. The van der Waals surface area contributed by atoms with E-state index in [-0.39, 0.29) is 36.4 Å². The fourth-order valence-corrected chi connectivity index (χ4v) is 4.21. The van der Waals surface area contributed by atoms with Gasteiger partial charge in [-0.05, 0) is 50.2 Å². The smallest absolute Gasteiger partial charge is 0.383 e. The number of benzene rings is 2. The van der Waals surface area contributed by atoms with Gasteiger partial charge in [0.05, 0.1) is 18.8 Å². The molecule has 0 heterocycles. The van der Waals surface area contributed by atoms with Gasteiger partial charge < -0.3 is 18.6 Å². The largest absolute Gasteiger partial charge is 0.457 e. The summed E-state index contributed by atoms with van der Waals surface area (Å²) in [7, 11) is -3.94. The van der Waals surface area contributed by atoms with E-state index in [9.17, 15) is 9.36 Å². The van der Waals surface area contributed by atoms with Gasteiger partial charge in [0.15, 0.2) is 0 Å². The van der Waals surface area contributed by atoms with E-state index in [1.165, 1.54) is 12.1 Å². The molecule has 162 valence electrons. The number of carbonyl (C=O) groups is 1. The van der Waals surface area contributed by atoms with Gasteiger partial charge >= 0.3 is 13.6 Å². The van der Waals surface area contributed by atoms with E-state index in [1.807, 2.05) is 0 Å². The van der Waals surface area contributed by atoms with Gasteiger partial charge in [-0.15, -0.1) is 0 Å². The third kappa shape index (κ3) is 6.56. The van der Waals surface area contributed by atoms with Crippen molar-refractivity contribution >= 4 is 42.2 Å². The molecule has 2 rings (SSSR count). The normalized spacial score (nSPS) is 12.0. The lowest BCUT2D eigenvalue weighted by Crippen LogP contribution is -2.12. The maximum atomic E-state index is 13.5. The van der Waals surface area contributed by atoms with Gasteiger partial charge in [-0.2, -0.15) is 0 Å². The molecule has 2 aromatic rings. The first-order valence-corrected chi connectivity index (χ1v) is 11.5. The molecule has 0 radical (unpaired) electrons. The fraction of sp³-hybridized carbons (Fsp3) is 0.300. The van der Waals surface area contributed by atoms with Crippen LogP contribution in [0, 0.1) is 0 Å². The molecule has 2 aromatic carbocycles. The van der Waals surface area contributed by atoms with Crippen LogP contribution in [0.25, 0.3) is 0 Å². The first-order chi connectivity index (χ1) is 14.3. The molecule has 0 N–H and O–H groups in total. The van der Waals surface area contributed by atoms with E-state index < -0.39 is 13.6 Å². The zero-order chi connectivity index (χ0) is 22.1. The number of halogens is 2. The van der Waals surface area contributed by atoms with Gasteiger partial charge in [0, 0.05) is 22.5 Å². The van der Waals surface area contributed by atoms with Gasteiger partial charge in [-0.3, -0.25) is 4.57 Å². The standard InChI is InChI=1S/C20H22Cl2NO6P/c1-4-19(24)29-23-20(30(25,26-5-2)27-6-3)17-12-9-15(22)13-18(17)28-16-10-7-14(21)8-11-16/h7-13H,4-6H2,1-3H3. The van der Waals surface area contributed by atoms with Crippen LogP contribution in [0.4, 0.5) is 0 Å². The van der Waals surface area contributed by atoms with Crippen LogP contribution in [-0.2, 0) is 23.2 Å². The number of rotatable bonds is 10. The Kier molecular flexibility index (Phi) is 9.34. The number of nitrogens with zero attached hydrogens (tertiary/aromatic N) is 1. The Morgan fingerprint density at radius 1 is 0.967 bits per heavy atom. The third-order valence-corrected chi connectivity index (χ3v) is 6.13. The number of hydrogen-bond acceptors (Lipinski definition) is 7. The van der Waals surface area contributed by atoms with Gasteiger partial charge in [0.25, 0.3) is 0 Å². The number of oxime groups is 1. The Balaban J connectivity index is 2.60. The van der Waals surface area contributed by atoms with Crippen LogP contribution in [0.3, 0.4) is 0 Å². The molecule has 0 aromatic heterocycles. The SMILES string of the molecule is CCOP(=O)(OCC)C(=NOC(=O)CC)c1ccc(Cl)cc1Oc1ccc(Cl)cc1. The maximum Gasteiger partial charge on any atom is 0.383 e. The summed E-state index contributed by atoms with van der Waals surface area (Å²) >= 11 is 12.1. The highest BCUT2D eigenvalue weighted by molar-refractivity contribution is 7.73. The molecule has 0 saturated carbocycles. The van der Waals surface area contributed by atoms with E-state index in [4.69, 9.17) is 41.8 Å². The van der Waals surface area contributed by atoms with Gasteiger partial charge in [0.1, 0.15) is 11.5 Å². The topological polar surface area (TPSA) is 83.4 Å². The van der Waals surface area contributed by atoms with Gasteiger partial charge in [0.2, 0.25) is 5.45 Å². The highest BCUT2D eigenvalue weighted by Crippen LogP contribution is 2.53. The molecule has 0 unspecified atom stereocenters. The second-order valence-corrected chi connectivity index (χ2v) is 8.57. The number of hydrogen-bond donors (Lipinski definition) is 0.